The second kappa shape index (κ2) is 7.94. The standard InChI is InChI=1S/C22H21N3O2S/c1-15-14-28-22(23-15)25(18-8-3-2-4-9-18)20(26)12-11-17-13-16-7-5-6-10-19(16)24-21(17)27/h2-10,14,17H,11-13H2,1H3,(H,24,27). The van der Waals surface area contributed by atoms with E-state index in [2.05, 4.69) is 10.3 Å². The molecule has 142 valence electrons. The van der Waals surface area contributed by atoms with E-state index in [1.165, 1.54) is 11.3 Å². The van der Waals surface area contributed by atoms with Gasteiger partial charge in [-0.1, -0.05) is 36.4 Å². The van der Waals surface area contributed by atoms with Gasteiger partial charge in [0.25, 0.3) is 0 Å². The largest absolute Gasteiger partial charge is 0.326 e. The van der Waals surface area contributed by atoms with E-state index in [4.69, 9.17) is 0 Å². The van der Waals surface area contributed by atoms with Crippen LogP contribution in [0.4, 0.5) is 16.5 Å². The van der Waals surface area contributed by atoms with Crippen molar-refractivity contribution in [1.29, 1.82) is 0 Å². The van der Waals surface area contributed by atoms with Crippen molar-refractivity contribution < 1.29 is 9.59 Å². The van der Waals surface area contributed by atoms with Gasteiger partial charge in [-0.25, -0.2) is 4.98 Å². The van der Waals surface area contributed by atoms with Gasteiger partial charge in [0.05, 0.1) is 11.4 Å². The van der Waals surface area contributed by atoms with Crippen molar-refractivity contribution in [2.24, 2.45) is 5.92 Å². The minimum atomic E-state index is -0.200. The van der Waals surface area contributed by atoms with Crippen LogP contribution in [0.25, 0.3) is 0 Å². The molecule has 1 unspecified atom stereocenters. The van der Waals surface area contributed by atoms with E-state index in [0.717, 1.165) is 22.6 Å². The highest BCUT2D eigenvalue weighted by atomic mass is 32.1. The summed E-state index contributed by atoms with van der Waals surface area (Å²) >= 11 is 1.45. The molecule has 2 heterocycles. The molecule has 1 atom stereocenters. The number of aromatic nitrogens is 1. The maximum atomic E-state index is 13.1. The lowest BCUT2D eigenvalue weighted by molar-refractivity contribution is -0.121. The van der Waals surface area contributed by atoms with Crippen LogP contribution in [0.2, 0.25) is 0 Å². The first kappa shape index (κ1) is 18.4. The number of benzene rings is 2. The number of hydrogen-bond donors (Lipinski definition) is 1. The fraction of sp³-hybridized carbons (Fsp3) is 0.227. The van der Waals surface area contributed by atoms with E-state index in [-0.39, 0.29) is 24.2 Å². The van der Waals surface area contributed by atoms with E-state index in [1.807, 2.05) is 66.9 Å². The Morgan fingerprint density at radius 2 is 1.93 bits per heavy atom. The Kier molecular flexibility index (Phi) is 5.21. The summed E-state index contributed by atoms with van der Waals surface area (Å²) in [5.74, 6) is -0.260. The number of fused-ring (bicyclic) bond motifs is 1. The highest BCUT2D eigenvalue weighted by molar-refractivity contribution is 7.14. The van der Waals surface area contributed by atoms with Crippen molar-refractivity contribution >= 4 is 39.7 Å². The van der Waals surface area contributed by atoms with Gasteiger partial charge in [0.2, 0.25) is 11.8 Å². The van der Waals surface area contributed by atoms with Crippen molar-refractivity contribution in [2.45, 2.75) is 26.2 Å². The maximum Gasteiger partial charge on any atom is 0.233 e. The molecule has 3 aromatic rings. The Bertz CT molecular complexity index is 1000. The summed E-state index contributed by atoms with van der Waals surface area (Å²) in [6, 6.07) is 17.4. The van der Waals surface area contributed by atoms with Gasteiger partial charge < -0.3 is 5.32 Å². The average molecular weight is 391 g/mol. The molecule has 5 nitrogen and oxygen atoms in total. The molecule has 0 aliphatic carbocycles. The number of anilines is 3. The van der Waals surface area contributed by atoms with Gasteiger partial charge in [0, 0.05) is 23.4 Å². The summed E-state index contributed by atoms with van der Waals surface area (Å²) in [4.78, 5) is 31.7. The van der Waals surface area contributed by atoms with Crippen LogP contribution in [0.1, 0.15) is 24.1 Å². The van der Waals surface area contributed by atoms with E-state index in [0.29, 0.717) is 18.0 Å². The predicted molar refractivity (Wildman–Crippen MR) is 112 cm³/mol. The van der Waals surface area contributed by atoms with E-state index < -0.39 is 0 Å². The van der Waals surface area contributed by atoms with E-state index >= 15 is 0 Å². The Morgan fingerprint density at radius 3 is 2.68 bits per heavy atom. The lowest BCUT2D eigenvalue weighted by atomic mass is 9.89. The third kappa shape index (κ3) is 3.82. The molecule has 0 bridgehead atoms. The molecule has 1 aliphatic heterocycles. The zero-order chi connectivity index (χ0) is 19.5. The highest BCUT2D eigenvalue weighted by Gasteiger charge is 2.28. The van der Waals surface area contributed by atoms with Crippen LogP contribution in [-0.2, 0) is 16.0 Å². The molecule has 1 aromatic heterocycles. The van der Waals surface area contributed by atoms with Gasteiger partial charge in [0.15, 0.2) is 5.13 Å². The van der Waals surface area contributed by atoms with Crippen LogP contribution in [-0.4, -0.2) is 16.8 Å². The minimum absolute atomic E-state index is 0.0112. The molecule has 1 aliphatic rings. The second-order valence-electron chi connectivity index (χ2n) is 6.92. The normalized spacial score (nSPS) is 15.6. The summed E-state index contributed by atoms with van der Waals surface area (Å²) in [6.07, 6.45) is 1.46. The number of amides is 2. The summed E-state index contributed by atoms with van der Waals surface area (Å²) in [6.45, 7) is 1.91. The summed E-state index contributed by atoms with van der Waals surface area (Å²) in [5.41, 5.74) is 3.67. The molecule has 1 N–H and O–H groups in total. The number of carbonyl (C=O) groups is 2. The fourth-order valence-corrected chi connectivity index (χ4v) is 4.28. The smallest absolute Gasteiger partial charge is 0.233 e. The van der Waals surface area contributed by atoms with E-state index in [1.54, 1.807) is 4.90 Å². The fourth-order valence-electron chi connectivity index (χ4n) is 3.44. The zero-order valence-corrected chi connectivity index (χ0v) is 16.4. The van der Waals surface area contributed by atoms with Gasteiger partial charge in [-0.15, -0.1) is 11.3 Å². The number of carbonyl (C=O) groups excluding carboxylic acids is 2. The molecular formula is C22H21N3O2S. The SMILES string of the molecule is Cc1csc(N(C(=O)CCC2Cc3ccccc3NC2=O)c2ccccc2)n1. The lowest BCUT2D eigenvalue weighted by Crippen LogP contribution is -2.32. The van der Waals surface area contributed by atoms with Gasteiger partial charge in [-0.05, 0) is 43.5 Å². The van der Waals surface area contributed by atoms with Crippen molar-refractivity contribution in [3.63, 3.8) is 0 Å². The summed E-state index contributed by atoms with van der Waals surface area (Å²) in [7, 11) is 0. The van der Waals surface area contributed by atoms with Crippen LogP contribution in [0.15, 0.2) is 60.0 Å². The number of nitrogens with one attached hydrogen (secondary N) is 1. The predicted octanol–water partition coefficient (Wildman–Crippen LogP) is 4.71. The first-order chi connectivity index (χ1) is 13.6. The molecule has 4 rings (SSSR count). The summed E-state index contributed by atoms with van der Waals surface area (Å²) < 4.78 is 0. The van der Waals surface area contributed by atoms with Crippen LogP contribution in [0, 0.1) is 12.8 Å². The summed E-state index contributed by atoms with van der Waals surface area (Å²) in [5, 5.41) is 5.55. The maximum absolute atomic E-state index is 13.1. The number of thiazole rings is 1. The Labute approximate surface area is 168 Å². The molecular weight excluding hydrogens is 370 g/mol. The first-order valence-corrected chi connectivity index (χ1v) is 10.2. The second-order valence-corrected chi connectivity index (χ2v) is 7.76. The Hall–Kier alpha value is -2.99. The van der Waals surface area contributed by atoms with Crippen LogP contribution < -0.4 is 10.2 Å². The number of aryl methyl sites for hydroxylation is 1. The minimum Gasteiger partial charge on any atom is -0.326 e. The van der Waals surface area contributed by atoms with Gasteiger partial charge in [-0.2, -0.15) is 0 Å². The van der Waals surface area contributed by atoms with Crippen molar-refractivity contribution in [3.05, 3.63) is 71.2 Å². The molecule has 2 aromatic carbocycles. The van der Waals surface area contributed by atoms with Crippen molar-refractivity contribution in [2.75, 3.05) is 10.2 Å². The van der Waals surface area contributed by atoms with Crippen LogP contribution in [0.3, 0.4) is 0 Å². The molecule has 2 amide bonds. The van der Waals surface area contributed by atoms with Gasteiger partial charge in [0.1, 0.15) is 0 Å². The van der Waals surface area contributed by atoms with E-state index in [9.17, 15) is 9.59 Å². The van der Waals surface area contributed by atoms with Gasteiger partial charge >= 0.3 is 0 Å². The molecule has 28 heavy (non-hydrogen) atoms. The number of nitrogens with zero attached hydrogens (tertiary/aromatic N) is 2. The number of para-hydroxylation sites is 2. The van der Waals surface area contributed by atoms with Gasteiger partial charge in [-0.3, -0.25) is 14.5 Å². The van der Waals surface area contributed by atoms with Crippen LogP contribution in [0.5, 0.6) is 0 Å². The topological polar surface area (TPSA) is 62.3 Å². The quantitative estimate of drug-likeness (QED) is 0.685. The van der Waals surface area contributed by atoms with Crippen molar-refractivity contribution in [1.82, 2.24) is 4.98 Å². The van der Waals surface area contributed by atoms with Crippen LogP contribution >= 0.6 is 11.3 Å². The Morgan fingerprint density at radius 1 is 1.18 bits per heavy atom. The molecule has 0 saturated heterocycles. The lowest BCUT2D eigenvalue weighted by Gasteiger charge is -2.25. The first-order valence-electron chi connectivity index (χ1n) is 9.31. The Balaban J connectivity index is 1.50. The molecule has 0 spiro atoms. The van der Waals surface area contributed by atoms with Crippen molar-refractivity contribution in [3.8, 4) is 0 Å². The average Bonchev–Trinajstić information content (AvgIpc) is 3.13. The molecule has 0 saturated carbocycles. The third-order valence-electron chi connectivity index (χ3n) is 4.88. The third-order valence-corrected chi connectivity index (χ3v) is 5.82. The molecule has 0 radical (unpaired) electrons. The zero-order valence-electron chi connectivity index (χ0n) is 15.6. The molecule has 0 fully saturated rings. The monoisotopic (exact) mass is 391 g/mol. The highest BCUT2D eigenvalue weighted by Crippen LogP contribution is 2.31. The molecule has 6 heteroatoms. The number of rotatable bonds is 5. The number of hydrogen-bond acceptors (Lipinski definition) is 4.